The Morgan fingerprint density at radius 3 is 2.64 bits per heavy atom. The molecule has 0 spiro atoms. The first-order valence-corrected chi connectivity index (χ1v) is 7.75. The molecule has 2 heterocycles. The molecule has 1 aromatic heterocycles. The smallest absolute Gasteiger partial charge is 0.206 e. The fourth-order valence-corrected chi connectivity index (χ4v) is 2.90. The molecular formula is C15H22FN6+. The Morgan fingerprint density at radius 2 is 1.95 bits per heavy atom. The zero-order valence-corrected chi connectivity index (χ0v) is 13.0. The van der Waals surface area contributed by atoms with Crippen molar-refractivity contribution >= 4 is 5.69 Å². The van der Waals surface area contributed by atoms with E-state index in [1.165, 1.54) is 11.0 Å². The number of aromatic nitrogens is 4. The summed E-state index contributed by atoms with van der Waals surface area (Å²) < 4.78 is 15.7. The molecule has 0 radical (unpaired) electrons. The Hall–Kier alpha value is -2.02. The van der Waals surface area contributed by atoms with Crippen LogP contribution in [0.15, 0.2) is 24.3 Å². The van der Waals surface area contributed by atoms with Crippen molar-refractivity contribution in [3.05, 3.63) is 35.9 Å². The topological polar surface area (TPSA) is 51.3 Å². The van der Waals surface area contributed by atoms with Gasteiger partial charge in [0, 0.05) is 0 Å². The number of piperazine rings is 1. The van der Waals surface area contributed by atoms with Crippen molar-refractivity contribution in [1.29, 1.82) is 0 Å². The highest BCUT2D eigenvalue weighted by molar-refractivity contribution is 5.47. The van der Waals surface area contributed by atoms with Crippen molar-refractivity contribution in [1.82, 2.24) is 20.2 Å². The molecule has 1 saturated heterocycles. The molecule has 3 rings (SSSR count). The van der Waals surface area contributed by atoms with Gasteiger partial charge in [0.15, 0.2) is 0 Å². The average molecular weight is 305 g/mol. The number of para-hydroxylation sites is 1. The number of nitrogens with zero attached hydrogens (tertiary/aromatic N) is 5. The van der Waals surface area contributed by atoms with Gasteiger partial charge >= 0.3 is 0 Å². The van der Waals surface area contributed by atoms with E-state index in [1.54, 1.807) is 6.07 Å². The molecule has 1 aliphatic rings. The number of nitrogens with one attached hydrogen (secondary N) is 1. The lowest BCUT2D eigenvalue weighted by molar-refractivity contribution is -0.915. The number of anilines is 1. The Kier molecular flexibility index (Phi) is 4.33. The summed E-state index contributed by atoms with van der Waals surface area (Å²) in [6.45, 7) is 8.57. The molecule has 0 bridgehead atoms. The van der Waals surface area contributed by atoms with Crippen LogP contribution in [0.5, 0.6) is 0 Å². The molecule has 1 aromatic carbocycles. The lowest BCUT2D eigenvalue weighted by atomic mass is 10.2. The van der Waals surface area contributed by atoms with Crippen molar-refractivity contribution in [3.63, 3.8) is 0 Å². The summed E-state index contributed by atoms with van der Waals surface area (Å²) in [5.74, 6) is 0.777. The molecule has 22 heavy (non-hydrogen) atoms. The van der Waals surface area contributed by atoms with E-state index in [4.69, 9.17) is 0 Å². The number of tetrazole rings is 1. The molecule has 1 N–H and O–H groups in total. The molecule has 0 saturated carbocycles. The molecular weight excluding hydrogens is 283 g/mol. The van der Waals surface area contributed by atoms with Gasteiger partial charge in [-0.1, -0.05) is 12.1 Å². The first-order valence-electron chi connectivity index (χ1n) is 7.75. The fraction of sp³-hybridized carbons (Fsp3) is 0.533. The normalized spacial score (nSPS) is 16.5. The molecule has 6 nitrogen and oxygen atoms in total. The van der Waals surface area contributed by atoms with Crippen LogP contribution in [-0.4, -0.2) is 46.4 Å². The van der Waals surface area contributed by atoms with Gasteiger partial charge in [-0.25, -0.2) is 9.07 Å². The van der Waals surface area contributed by atoms with Gasteiger partial charge in [-0.05, 0) is 36.4 Å². The van der Waals surface area contributed by atoms with Crippen LogP contribution in [0, 0.1) is 5.82 Å². The van der Waals surface area contributed by atoms with Gasteiger partial charge in [0.1, 0.15) is 12.4 Å². The average Bonchev–Trinajstić information content (AvgIpc) is 2.97. The summed E-state index contributed by atoms with van der Waals surface area (Å²) in [5, 5.41) is 11.9. The van der Waals surface area contributed by atoms with Crippen LogP contribution in [-0.2, 0) is 6.54 Å². The second kappa shape index (κ2) is 6.39. The molecule has 0 amide bonds. The number of quaternary nitrogens is 1. The fourth-order valence-electron chi connectivity index (χ4n) is 2.90. The minimum atomic E-state index is -0.144. The zero-order valence-electron chi connectivity index (χ0n) is 13.0. The van der Waals surface area contributed by atoms with Crippen LogP contribution < -0.4 is 9.80 Å². The largest absolute Gasteiger partial charge is 0.358 e. The minimum Gasteiger partial charge on any atom is -0.358 e. The second-order valence-corrected chi connectivity index (χ2v) is 6.00. The number of benzene rings is 1. The third-order valence-electron chi connectivity index (χ3n) is 4.12. The van der Waals surface area contributed by atoms with E-state index in [9.17, 15) is 4.39 Å². The molecule has 7 heteroatoms. The van der Waals surface area contributed by atoms with Crippen molar-refractivity contribution < 1.29 is 9.29 Å². The van der Waals surface area contributed by atoms with Gasteiger partial charge in [-0.15, -0.1) is 5.10 Å². The minimum absolute atomic E-state index is 0.144. The van der Waals surface area contributed by atoms with Gasteiger partial charge in [-0.3, -0.25) is 0 Å². The third-order valence-corrected chi connectivity index (χ3v) is 4.12. The number of rotatable bonds is 4. The predicted octanol–water partition coefficient (Wildman–Crippen LogP) is 0.298. The number of hydrogen-bond acceptors (Lipinski definition) is 4. The molecule has 118 valence electrons. The van der Waals surface area contributed by atoms with E-state index in [1.807, 2.05) is 16.8 Å². The van der Waals surface area contributed by atoms with E-state index in [0.717, 1.165) is 38.5 Å². The van der Waals surface area contributed by atoms with E-state index >= 15 is 0 Å². The molecule has 1 fully saturated rings. The first-order chi connectivity index (χ1) is 10.6. The summed E-state index contributed by atoms with van der Waals surface area (Å²) in [5.41, 5.74) is 0.702. The van der Waals surface area contributed by atoms with E-state index < -0.39 is 0 Å². The molecule has 1 aliphatic heterocycles. The maximum Gasteiger partial charge on any atom is 0.206 e. The SMILES string of the molecule is CC(C)n1nnnc1C[NH+]1CCN(c2ccccc2F)CC1. The van der Waals surface area contributed by atoms with Gasteiger partial charge in [0.25, 0.3) is 0 Å². The van der Waals surface area contributed by atoms with E-state index in [2.05, 4.69) is 34.3 Å². The summed E-state index contributed by atoms with van der Waals surface area (Å²) in [7, 11) is 0. The summed E-state index contributed by atoms with van der Waals surface area (Å²) >= 11 is 0. The van der Waals surface area contributed by atoms with Gasteiger partial charge in [0.2, 0.25) is 5.82 Å². The second-order valence-electron chi connectivity index (χ2n) is 6.00. The van der Waals surface area contributed by atoms with Crippen molar-refractivity contribution in [3.8, 4) is 0 Å². The van der Waals surface area contributed by atoms with Crippen LogP contribution >= 0.6 is 0 Å². The predicted molar refractivity (Wildman–Crippen MR) is 81.2 cm³/mol. The van der Waals surface area contributed by atoms with Crippen LogP contribution in [0.4, 0.5) is 10.1 Å². The van der Waals surface area contributed by atoms with Crippen LogP contribution in [0.1, 0.15) is 25.7 Å². The maximum absolute atomic E-state index is 13.8. The zero-order chi connectivity index (χ0) is 15.5. The quantitative estimate of drug-likeness (QED) is 0.883. The van der Waals surface area contributed by atoms with Gasteiger partial charge in [-0.2, -0.15) is 0 Å². The van der Waals surface area contributed by atoms with Crippen LogP contribution in [0.3, 0.4) is 0 Å². The number of hydrogen-bond donors (Lipinski definition) is 1. The maximum atomic E-state index is 13.8. The molecule has 2 aromatic rings. The van der Waals surface area contributed by atoms with Crippen LogP contribution in [0.25, 0.3) is 0 Å². The standard InChI is InChI=1S/C15H21FN6/c1-12(2)22-15(17-18-19-22)11-20-7-9-21(10-8-20)14-6-4-3-5-13(14)16/h3-6,12H,7-11H2,1-2H3/p+1. The Balaban J connectivity index is 1.60. The highest BCUT2D eigenvalue weighted by Gasteiger charge is 2.24. The van der Waals surface area contributed by atoms with Crippen molar-refractivity contribution in [2.45, 2.75) is 26.4 Å². The number of halogens is 1. The van der Waals surface area contributed by atoms with Crippen molar-refractivity contribution in [2.24, 2.45) is 0 Å². The van der Waals surface area contributed by atoms with Crippen molar-refractivity contribution in [2.75, 3.05) is 31.1 Å². The Bertz CT molecular complexity index is 618. The first kappa shape index (κ1) is 14.9. The molecule has 0 aliphatic carbocycles. The highest BCUT2D eigenvalue weighted by atomic mass is 19.1. The molecule has 0 unspecified atom stereocenters. The molecule has 0 atom stereocenters. The van der Waals surface area contributed by atoms with Gasteiger partial charge in [0.05, 0.1) is 37.9 Å². The lowest BCUT2D eigenvalue weighted by Crippen LogP contribution is -3.13. The summed E-state index contributed by atoms with van der Waals surface area (Å²) in [6, 6.07) is 7.25. The summed E-state index contributed by atoms with van der Waals surface area (Å²) in [6.07, 6.45) is 0. The highest BCUT2D eigenvalue weighted by Crippen LogP contribution is 2.18. The van der Waals surface area contributed by atoms with Crippen LogP contribution in [0.2, 0.25) is 0 Å². The van der Waals surface area contributed by atoms with E-state index in [0.29, 0.717) is 5.69 Å². The lowest BCUT2D eigenvalue weighted by Gasteiger charge is -2.33. The third kappa shape index (κ3) is 3.09. The Morgan fingerprint density at radius 1 is 1.23 bits per heavy atom. The van der Waals surface area contributed by atoms with E-state index in [-0.39, 0.29) is 11.9 Å². The van der Waals surface area contributed by atoms with Gasteiger partial charge < -0.3 is 9.80 Å². The monoisotopic (exact) mass is 305 g/mol. The summed E-state index contributed by atoms with van der Waals surface area (Å²) in [4.78, 5) is 3.55. The Labute approximate surface area is 129 Å².